The molecule has 40 heavy (non-hydrogen) atoms. The number of aliphatic hydroxyl groups excluding tert-OH is 1. The van der Waals surface area contributed by atoms with Crippen LogP contribution in [0, 0.1) is 12.8 Å². The van der Waals surface area contributed by atoms with Gasteiger partial charge in [0.1, 0.15) is 0 Å². The van der Waals surface area contributed by atoms with Gasteiger partial charge in [0.25, 0.3) is 0 Å². The molecule has 0 aromatic carbocycles. The smallest absolute Gasteiger partial charge is 0.218 e. The molecule has 1 fully saturated rings. The van der Waals surface area contributed by atoms with Crippen molar-refractivity contribution in [1.29, 1.82) is 0 Å². The normalized spacial score (nSPS) is 15.8. The first-order valence-corrected chi connectivity index (χ1v) is 13.3. The summed E-state index contributed by atoms with van der Waals surface area (Å²) in [4.78, 5) is 20.8. The molecule has 229 valence electrons. The van der Waals surface area contributed by atoms with Crippen LogP contribution in [0.2, 0.25) is 0 Å². The Kier molecular flexibility index (Phi) is 33.3. The van der Waals surface area contributed by atoms with Gasteiger partial charge in [0.05, 0.1) is 0 Å². The Morgan fingerprint density at radius 3 is 1.07 bits per heavy atom. The monoisotopic (exact) mass is 634 g/mol. The Hall–Kier alpha value is -1.56. The van der Waals surface area contributed by atoms with Gasteiger partial charge >= 0.3 is 0 Å². The van der Waals surface area contributed by atoms with E-state index >= 15 is 0 Å². The van der Waals surface area contributed by atoms with E-state index in [-0.39, 0.29) is 52.0 Å². The summed E-state index contributed by atoms with van der Waals surface area (Å²) < 4.78 is 0. The van der Waals surface area contributed by atoms with Crippen LogP contribution in [0.4, 0.5) is 0 Å². The summed E-state index contributed by atoms with van der Waals surface area (Å²) in [5, 5.41) is 7.00. The topological polar surface area (TPSA) is 83.6 Å². The molecule has 0 aromatic heterocycles. The van der Waals surface area contributed by atoms with Crippen molar-refractivity contribution in [1.82, 2.24) is 4.90 Å². The zero-order valence-corrected chi connectivity index (χ0v) is 31.2. The largest absolute Gasteiger partial charge is 0.400 e. The number of primary amides is 1. The predicted octanol–water partition coefficient (Wildman–Crippen LogP) is 8.30. The van der Waals surface area contributed by atoms with Gasteiger partial charge in [-0.05, 0) is 79.1 Å². The second kappa shape index (κ2) is 27.6. The molecule has 2 amide bonds. The van der Waals surface area contributed by atoms with Crippen LogP contribution in [0.25, 0.3) is 0 Å². The molecule has 0 atom stereocenters. The van der Waals surface area contributed by atoms with Crippen LogP contribution in [0.1, 0.15) is 101 Å². The number of carbonyl (C=O) groups is 2. The van der Waals surface area contributed by atoms with Gasteiger partial charge in [-0.15, -0.1) is 0 Å². The molecule has 5 nitrogen and oxygen atoms in total. The molecule has 0 spiro atoms. The van der Waals surface area contributed by atoms with Crippen LogP contribution < -0.4 is 5.73 Å². The van der Waals surface area contributed by atoms with E-state index in [4.69, 9.17) is 5.11 Å². The summed E-state index contributed by atoms with van der Waals surface area (Å²) in [5.74, 6) is -0.241. The van der Waals surface area contributed by atoms with Gasteiger partial charge in [-0.3, -0.25) is 9.59 Å². The van der Waals surface area contributed by atoms with E-state index in [1.807, 2.05) is 0 Å². The Morgan fingerprint density at radius 2 is 1.02 bits per heavy atom. The van der Waals surface area contributed by atoms with Crippen LogP contribution in [-0.2, 0) is 42.3 Å². The second-order valence-corrected chi connectivity index (χ2v) is 11.2. The number of aliphatic hydroxyl groups is 1. The van der Waals surface area contributed by atoms with Gasteiger partial charge in [-0.25, -0.2) is 0 Å². The SMILES string of the molecule is CC(=O)N(C)C.CC(N)=O.CC1(C)CC1.CC1=CC=C(C)C1.CC1=CCC(C)=C1.CC1=CCC(C)=C1.CO.[CH3-].[Y]. The van der Waals surface area contributed by atoms with Crippen molar-refractivity contribution in [3.63, 3.8) is 0 Å². The minimum Gasteiger partial charge on any atom is -0.400 e. The quantitative estimate of drug-likeness (QED) is 0.263. The molecule has 4 aliphatic rings. The number of hydrogen-bond donors (Lipinski definition) is 2. The number of hydrogen-bond acceptors (Lipinski definition) is 3. The molecular weight excluding hydrogens is 573 g/mol. The van der Waals surface area contributed by atoms with Crippen LogP contribution >= 0.6 is 0 Å². The maximum Gasteiger partial charge on any atom is 0.218 e. The minimum atomic E-state index is -0.333. The van der Waals surface area contributed by atoms with Crippen molar-refractivity contribution in [2.45, 2.75) is 101 Å². The number of allylic oxidation sites excluding steroid dienone is 12. The molecule has 0 heterocycles. The van der Waals surface area contributed by atoms with Crippen LogP contribution in [0.5, 0.6) is 0 Å². The van der Waals surface area contributed by atoms with E-state index in [9.17, 15) is 9.59 Å². The van der Waals surface area contributed by atoms with E-state index < -0.39 is 0 Å². The molecule has 6 heteroatoms. The number of carbonyl (C=O) groups excluding carboxylic acids is 2. The van der Waals surface area contributed by atoms with E-state index in [0.717, 1.165) is 12.5 Å². The molecule has 4 rings (SSSR count). The summed E-state index contributed by atoms with van der Waals surface area (Å²) >= 11 is 0. The first-order valence-electron chi connectivity index (χ1n) is 13.3. The minimum absolute atomic E-state index is 0. The molecule has 0 unspecified atom stereocenters. The van der Waals surface area contributed by atoms with Crippen LogP contribution in [0.15, 0.2) is 69.9 Å². The Balaban J connectivity index is -0.000000121. The maximum atomic E-state index is 10.1. The number of amides is 2. The van der Waals surface area contributed by atoms with E-state index in [2.05, 4.69) is 97.6 Å². The molecule has 0 aliphatic heterocycles. The third kappa shape index (κ3) is 38.6. The first kappa shape index (κ1) is 48.2. The average molecular weight is 635 g/mol. The zero-order valence-electron chi connectivity index (χ0n) is 28.4. The van der Waals surface area contributed by atoms with Gasteiger partial charge in [0, 0.05) is 67.8 Å². The van der Waals surface area contributed by atoms with Gasteiger partial charge < -0.3 is 23.2 Å². The molecule has 3 N–H and O–H groups in total. The molecule has 0 saturated heterocycles. The fourth-order valence-corrected chi connectivity index (χ4v) is 2.75. The summed E-state index contributed by atoms with van der Waals surface area (Å²) in [6.07, 6.45) is 19.7. The molecule has 4 aliphatic carbocycles. The van der Waals surface area contributed by atoms with Gasteiger partial charge in [0.15, 0.2) is 0 Å². The van der Waals surface area contributed by atoms with Crippen molar-refractivity contribution in [3.8, 4) is 0 Å². The van der Waals surface area contributed by atoms with Crippen molar-refractivity contribution in [2.24, 2.45) is 11.1 Å². The number of nitrogens with zero attached hydrogens (tertiary/aromatic N) is 1. The zero-order chi connectivity index (χ0) is 30.5. The first-order chi connectivity index (χ1) is 17.4. The van der Waals surface area contributed by atoms with E-state index in [0.29, 0.717) is 0 Å². The summed E-state index contributed by atoms with van der Waals surface area (Å²) in [7, 11) is 4.45. The molecule has 0 bridgehead atoms. The molecular formula is C34H61N2O3Y-. The summed E-state index contributed by atoms with van der Waals surface area (Å²) in [6, 6.07) is 0. The van der Waals surface area contributed by atoms with E-state index in [1.54, 1.807) is 14.1 Å². The van der Waals surface area contributed by atoms with Crippen molar-refractivity contribution in [3.05, 3.63) is 77.3 Å². The van der Waals surface area contributed by atoms with E-state index in [1.165, 1.54) is 84.3 Å². The van der Waals surface area contributed by atoms with Crippen molar-refractivity contribution < 1.29 is 47.4 Å². The fourth-order valence-electron chi connectivity index (χ4n) is 2.75. The van der Waals surface area contributed by atoms with Gasteiger partial charge in [-0.1, -0.05) is 83.7 Å². The van der Waals surface area contributed by atoms with Gasteiger partial charge in [-0.2, -0.15) is 0 Å². The van der Waals surface area contributed by atoms with Crippen LogP contribution in [-0.4, -0.2) is 43.0 Å². The third-order valence-corrected chi connectivity index (χ3v) is 5.53. The van der Waals surface area contributed by atoms with Gasteiger partial charge in [0.2, 0.25) is 11.8 Å². The Bertz CT molecular complexity index is 842. The third-order valence-electron chi connectivity index (χ3n) is 5.53. The van der Waals surface area contributed by atoms with Crippen LogP contribution in [0.3, 0.4) is 0 Å². The second-order valence-electron chi connectivity index (χ2n) is 11.2. The maximum absolute atomic E-state index is 10.1. The summed E-state index contributed by atoms with van der Waals surface area (Å²) in [6.45, 7) is 20.3. The number of nitrogens with two attached hydrogens (primary N) is 1. The van der Waals surface area contributed by atoms with Crippen molar-refractivity contribution in [2.75, 3.05) is 21.2 Å². The molecule has 1 radical (unpaired) electrons. The average Bonchev–Trinajstić information content (AvgIpc) is 3.10. The predicted molar refractivity (Wildman–Crippen MR) is 173 cm³/mol. The Morgan fingerprint density at radius 1 is 0.775 bits per heavy atom. The standard InChI is InChI=1S/3C7H10.C5H10.C4H9NO.C2H5NO.CH4O.CH3.Y/c3*1-6-3-4-7(2)5-6;1-5(2)3-4-5;1-4(6)5(2)3;1-2(3)4;1-2;;/h2*3,5H,4H2,1-2H3;3-4H,5H2,1-2H3;3-4H2,1-2H3;1-3H3;1H3,(H2,3,4);2H,1H3;1H3;/q;;;;;;;-1;. The number of rotatable bonds is 0. The fraction of sp³-hybridized carbons (Fsp3) is 0.559. The Labute approximate surface area is 273 Å². The molecule has 1 saturated carbocycles. The van der Waals surface area contributed by atoms with Crippen molar-refractivity contribution >= 4 is 11.8 Å². The summed E-state index contributed by atoms with van der Waals surface area (Å²) in [5.41, 5.74) is 14.0. The molecule has 0 aromatic rings.